The van der Waals surface area contributed by atoms with Crippen LogP contribution >= 0.6 is 7.26 Å². The van der Waals surface area contributed by atoms with Gasteiger partial charge in [-0.3, -0.25) is 9.59 Å². The summed E-state index contributed by atoms with van der Waals surface area (Å²) >= 11 is 0. The van der Waals surface area contributed by atoms with Crippen molar-refractivity contribution in [1.82, 2.24) is 0 Å². The van der Waals surface area contributed by atoms with E-state index in [0.717, 1.165) is 32.1 Å². The van der Waals surface area contributed by atoms with Crippen molar-refractivity contribution in [1.29, 1.82) is 0 Å². The number of ketones is 2. The number of aliphatic hydroxyl groups is 2. The van der Waals surface area contributed by atoms with Crippen LogP contribution in [0.15, 0.2) is 119 Å². The molecule has 0 amide bonds. The number of hydrogen-bond acceptors (Lipinski definition) is 4. The fraction of sp³-hybridized carbons (Fsp3) is 0.368. The summed E-state index contributed by atoms with van der Waals surface area (Å²) in [5.41, 5.74) is 0.565. The van der Waals surface area contributed by atoms with Crippen molar-refractivity contribution in [2.75, 3.05) is 12.8 Å². The molecule has 2 aliphatic rings. The van der Waals surface area contributed by atoms with E-state index in [-0.39, 0.29) is 5.57 Å². The predicted molar refractivity (Wildman–Crippen MR) is 182 cm³/mol. The average Bonchev–Trinajstić information content (AvgIpc) is 3.05. The maximum atomic E-state index is 12.5. The fourth-order valence-electron chi connectivity index (χ4n) is 6.66. The van der Waals surface area contributed by atoms with E-state index in [1.165, 1.54) is 47.8 Å². The molecule has 0 saturated carbocycles. The average molecular weight is 599 g/mol. The number of allylic oxidation sites excluding steroid dienone is 7. The van der Waals surface area contributed by atoms with E-state index in [1.807, 2.05) is 0 Å². The fourth-order valence-corrected chi connectivity index (χ4v) is 11.7. The van der Waals surface area contributed by atoms with E-state index >= 15 is 0 Å². The van der Waals surface area contributed by atoms with Gasteiger partial charge in [0, 0.05) is 0 Å². The SMILES string of the molecule is C=CC1C=C([PH](CCCCCCCCCCC2=C(C)C(=O)C(CO)=C(O)C2=O)(c2ccccc2)c2ccccc2)C=CC1. The summed E-state index contributed by atoms with van der Waals surface area (Å²) in [6, 6.07) is 22.3. The van der Waals surface area contributed by atoms with Crippen LogP contribution in [0.5, 0.6) is 0 Å². The molecule has 2 aromatic rings. The number of carbonyl (C=O) groups is 2. The summed E-state index contributed by atoms with van der Waals surface area (Å²) in [5.74, 6) is -1.13. The van der Waals surface area contributed by atoms with Crippen LogP contribution in [0.25, 0.3) is 0 Å². The van der Waals surface area contributed by atoms with Gasteiger partial charge in [-0.2, -0.15) is 0 Å². The molecule has 0 aliphatic heterocycles. The molecule has 0 aromatic heterocycles. The van der Waals surface area contributed by atoms with Gasteiger partial charge in [0.05, 0.1) is 12.2 Å². The number of Topliss-reactive ketones (excluding diaryl/α,β-unsaturated/α-hetero) is 2. The first-order chi connectivity index (χ1) is 20.9. The Kier molecular flexibility index (Phi) is 12.1. The number of carbonyl (C=O) groups excluding carboxylic acids is 2. The second-order valence-corrected chi connectivity index (χ2v) is 15.9. The van der Waals surface area contributed by atoms with Crippen LogP contribution < -0.4 is 10.6 Å². The second kappa shape index (κ2) is 15.9. The molecular formula is C38H47O4P. The van der Waals surface area contributed by atoms with E-state index in [0.29, 0.717) is 23.5 Å². The van der Waals surface area contributed by atoms with Gasteiger partial charge in [0.25, 0.3) is 0 Å². The molecule has 0 saturated heterocycles. The van der Waals surface area contributed by atoms with Crippen LogP contribution in [-0.4, -0.2) is 34.5 Å². The van der Waals surface area contributed by atoms with Gasteiger partial charge in [0.2, 0.25) is 0 Å². The topological polar surface area (TPSA) is 74.6 Å². The van der Waals surface area contributed by atoms with Gasteiger partial charge in [-0.1, -0.05) is 0 Å². The van der Waals surface area contributed by atoms with Gasteiger partial charge in [0.15, 0.2) is 11.5 Å². The second-order valence-electron chi connectivity index (χ2n) is 11.9. The van der Waals surface area contributed by atoms with Crippen molar-refractivity contribution in [3.63, 3.8) is 0 Å². The van der Waals surface area contributed by atoms with Crippen LogP contribution in [0.4, 0.5) is 0 Å². The molecule has 0 bridgehead atoms. The van der Waals surface area contributed by atoms with Gasteiger partial charge in [-0.25, -0.2) is 0 Å². The summed E-state index contributed by atoms with van der Waals surface area (Å²) < 4.78 is 0. The third-order valence-electron chi connectivity index (χ3n) is 9.16. The zero-order valence-electron chi connectivity index (χ0n) is 25.6. The molecule has 1 unspecified atom stereocenters. The van der Waals surface area contributed by atoms with Gasteiger partial charge < -0.3 is 10.2 Å². The zero-order chi connectivity index (χ0) is 30.7. The van der Waals surface area contributed by atoms with Crippen molar-refractivity contribution in [2.45, 2.75) is 71.1 Å². The van der Waals surface area contributed by atoms with E-state index in [1.54, 1.807) is 6.92 Å². The summed E-state index contributed by atoms with van der Waals surface area (Å²) in [4.78, 5) is 24.8. The molecule has 0 spiro atoms. The van der Waals surface area contributed by atoms with E-state index in [2.05, 4.69) is 91.5 Å². The Morgan fingerprint density at radius 1 is 0.814 bits per heavy atom. The summed E-state index contributed by atoms with van der Waals surface area (Å²) in [6.45, 7) is 5.09. The first-order valence-electron chi connectivity index (χ1n) is 15.9. The Bertz CT molecular complexity index is 1360. The first kappa shape index (κ1) is 32.6. The summed E-state index contributed by atoms with van der Waals surface area (Å²) in [6.07, 6.45) is 20.8. The van der Waals surface area contributed by atoms with Gasteiger partial charge >= 0.3 is 208 Å². The van der Waals surface area contributed by atoms with E-state index in [9.17, 15) is 19.8 Å². The number of rotatable bonds is 16. The van der Waals surface area contributed by atoms with Crippen molar-refractivity contribution in [2.24, 2.45) is 5.92 Å². The Hall–Kier alpha value is -3.33. The van der Waals surface area contributed by atoms with Crippen molar-refractivity contribution in [3.8, 4) is 0 Å². The maximum absolute atomic E-state index is 12.5. The van der Waals surface area contributed by atoms with Crippen LogP contribution in [0.1, 0.15) is 71.1 Å². The molecule has 5 heteroatoms. The molecule has 1 atom stereocenters. The third kappa shape index (κ3) is 7.61. The molecule has 4 nitrogen and oxygen atoms in total. The van der Waals surface area contributed by atoms with Crippen LogP contribution in [0.3, 0.4) is 0 Å². The van der Waals surface area contributed by atoms with Gasteiger partial charge in [0.1, 0.15) is 0 Å². The molecule has 2 aliphatic carbocycles. The Morgan fingerprint density at radius 3 is 1.93 bits per heavy atom. The molecule has 43 heavy (non-hydrogen) atoms. The standard InChI is InChI=1S/C38H47O4P/c1-3-30-19-18-24-33(27-30)43(31-20-12-10-13-21-31,32-22-14-11-15-23-32)26-17-9-7-5-4-6-8-16-25-34-29(2)36(40)35(28-39)38(42)37(34)41/h3,10-15,18,20-24,27,30,39,42-43H,1,4-9,16-17,19,25-26,28H2,2H3. The van der Waals surface area contributed by atoms with Crippen molar-refractivity contribution < 1.29 is 19.8 Å². The molecule has 228 valence electrons. The summed E-state index contributed by atoms with van der Waals surface area (Å²) in [7, 11) is -2.20. The number of benzene rings is 2. The Morgan fingerprint density at radius 2 is 1.37 bits per heavy atom. The Labute approximate surface area is 258 Å². The first-order valence-corrected chi connectivity index (χ1v) is 18.1. The number of aliphatic hydroxyl groups excluding tert-OH is 2. The predicted octanol–water partition coefficient (Wildman–Crippen LogP) is 7.82. The number of hydrogen-bond donors (Lipinski definition) is 2. The van der Waals surface area contributed by atoms with Crippen molar-refractivity contribution in [3.05, 3.63) is 119 Å². The van der Waals surface area contributed by atoms with Gasteiger partial charge in [-0.15, -0.1) is 0 Å². The van der Waals surface area contributed by atoms with E-state index < -0.39 is 31.2 Å². The molecule has 4 rings (SSSR count). The molecule has 0 radical (unpaired) electrons. The number of unbranched alkanes of at least 4 members (excludes halogenated alkanes) is 7. The zero-order valence-corrected chi connectivity index (χ0v) is 26.6. The minimum atomic E-state index is -2.20. The van der Waals surface area contributed by atoms with Crippen LogP contribution in [0.2, 0.25) is 0 Å². The quantitative estimate of drug-likeness (QED) is 0.0894. The third-order valence-corrected chi connectivity index (χ3v) is 14.2. The molecule has 0 fully saturated rings. The summed E-state index contributed by atoms with van der Waals surface area (Å²) in [5, 5.41) is 23.8. The van der Waals surface area contributed by atoms with Crippen molar-refractivity contribution >= 4 is 29.4 Å². The van der Waals surface area contributed by atoms with Crippen LogP contribution in [-0.2, 0) is 9.59 Å². The normalized spacial score (nSPS) is 17.8. The molecule has 2 aromatic carbocycles. The molecule has 2 N–H and O–H groups in total. The van der Waals surface area contributed by atoms with Gasteiger partial charge in [-0.05, 0) is 6.92 Å². The Balaban J connectivity index is 1.30. The van der Waals surface area contributed by atoms with Crippen LogP contribution in [0, 0.1) is 5.92 Å². The minimum absolute atomic E-state index is 0.188. The van der Waals surface area contributed by atoms with E-state index in [4.69, 9.17) is 0 Å². The monoisotopic (exact) mass is 598 g/mol. The molecular weight excluding hydrogens is 551 g/mol. The molecule has 0 heterocycles.